The zero-order chi connectivity index (χ0) is 13.3. The van der Waals surface area contributed by atoms with Crippen molar-refractivity contribution in [1.82, 2.24) is 10.6 Å². The summed E-state index contributed by atoms with van der Waals surface area (Å²) in [6.07, 6.45) is 1.10. The highest BCUT2D eigenvalue weighted by Gasteiger charge is 2.25. The normalized spacial score (nSPS) is 11.9. The van der Waals surface area contributed by atoms with Crippen LogP contribution in [0.2, 0.25) is 0 Å². The highest BCUT2D eigenvalue weighted by Crippen LogP contribution is 2.12. The maximum absolute atomic E-state index is 11.5. The third kappa shape index (κ3) is 8.16. The molecule has 4 nitrogen and oxygen atoms in total. The molecule has 0 aliphatic rings. The summed E-state index contributed by atoms with van der Waals surface area (Å²) in [5.41, 5.74) is -0.368. The van der Waals surface area contributed by atoms with Crippen LogP contribution in [-0.2, 0) is 9.53 Å². The molecule has 0 bridgehead atoms. The molecule has 0 saturated heterocycles. The van der Waals surface area contributed by atoms with Crippen LogP contribution in [0.5, 0.6) is 0 Å². The molecule has 0 saturated carbocycles. The van der Waals surface area contributed by atoms with Crippen LogP contribution in [-0.4, -0.2) is 39.3 Å². The number of rotatable bonds is 9. The van der Waals surface area contributed by atoms with Crippen molar-refractivity contribution in [3.8, 4) is 0 Å². The lowest BCUT2D eigenvalue weighted by Crippen LogP contribution is -2.42. The van der Waals surface area contributed by atoms with Crippen LogP contribution in [0.25, 0.3) is 0 Å². The lowest BCUT2D eigenvalue weighted by Gasteiger charge is -2.22. The van der Waals surface area contributed by atoms with E-state index in [1.54, 1.807) is 7.05 Å². The van der Waals surface area contributed by atoms with Crippen molar-refractivity contribution in [2.24, 2.45) is 11.3 Å². The van der Waals surface area contributed by atoms with Crippen LogP contribution in [0.15, 0.2) is 0 Å². The van der Waals surface area contributed by atoms with Crippen LogP contribution in [0.4, 0.5) is 0 Å². The van der Waals surface area contributed by atoms with Gasteiger partial charge in [0.1, 0.15) is 0 Å². The fourth-order valence-electron chi connectivity index (χ4n) is 1.38. The highest BCUT2D eigenvalue weighted by atomic mass is 16.5. The average Bonchev–Trinajstić information content (AvgIpc) is 2.26. The van der Waals surface area contributed by atoms with Crippen molar-refractivity contribution in [2.75, 3.05) is 33.4 Å². The van der Waals surface area contributed by atoms with Crippen molar-refractivity contribution in [2.45, 2.75) is 34.1 Å². The Hall–Kier alpha value is -0.610. The Bertz CT molecular complexity index is 215. The van der Waals surface area contributed by atoms with Gasteiger partial charge in [-0.2, -0.15) is 0 Å². The van der Waals surface area contributed by atoms with Gasteiger partial charge in [0.25, 0.3) is 0 Å². The van der Waals surface area contributed by atoms with Gasteiger partial charge in [-0.15, -0.1) is 0 Å². The maximum Gasteiger partial charge on any atom is 0.226 e. The number of carbonyl (C=O) groups excluding carboxylic acids is 1. The van der Waals surface area contributed by atoms with Gasteiger partial charge in [0.15, 0.2) is 0 Å². The molecule has 0 aromatic rings. The predicted octanol–water partition coefficient (Wildman–Crippen LogP) is 1.41. The molecular weight excluding hydrogens is 216 g/mol. The molecule has 0 atom stereocenters. The highest BCUT2D eigenvalue weighted by molar-refractivity contribution is 5.81. The van der Waals surface area contributed by atoms with Gasteiger partial charge in [-0.05, 0) is 26.2 Å². The number of hydrogen-bond acceptors (Lipinski definition) is 3. The van der Waals surface area contributed by atoms with Crippen LogP contribution in [0, 0.1) is 11.3 Å². The van der Waals surface area contributed by atoms with E-state index in [9.17, 15) is 4.79 Å². The van der Waals surface area contributed by atoms with Crippen molar-refractivity contribution >= 4 is 5.91 Å². The van der Waals surface area contributed by atoms with Gasteiger partial charge >= 0.3 is 0 Å². The van der Waals surface area contributed by atoms with Gasteiger partial charge in [0, 0.05) is 26.7 Å². The Labute approximate surface area is 105 Å². The standard InChI is InChI=1S/C13H28N2O2/c1-11(2)6-8-17-9-7-15-10-13(3,4)12(16)14-5/h11,15H,6-10H2,1-5H3,(H,14,16). The first-order chi connectivity index (χ1) is 7.90. The summed E-state index contributed by atoms with van der Waals surface area (Å²) in [6.45, 7) is 11.2. The summed E-state index contributed by atoms with van der Waals surface area (Å²) >= 11 is 0. The Morgan fingerprint density at radius 3 is 2.47 bits per heavy atom. The fraction of sp³-hybridized carbons (Fsp3) is 0.923. The van der Waals surface area contributed by atoms with E-state index in [0.29, 0.717) is 19.1 Å². The minimum atomic E-state index is -0.368. The molecule has 17 heavy (non-hydrogen) atoms. The first kappa shape index (κ1) is 16.4. The molecule has 0 fully saturated rings. The number of carbonyl (C=O) groups is 1. The summed E-state index contributed by atoms with van der Waals surface area (Å²) in [6, 6.07) is 0. The third-order valence-corrected chi connectivity index (χ3v) is 2.67. The monoisotopic (exact) mass is 244 g/mol. The molecule has 0 unspecified atom stereocenters. The van der Waals surface area contributed by atoms with Gasteiger partial charge in [-0.3, -0.25) is 4.79 Å². The van der Waals surface area contributed by atoms with E-state index in [4.69, 9.17) is 4.74 Å². The van der Waals surface area contributed by atoms with Crippen molar-refractivity contribution < 1.29 is 9.53 Å². The lowest BCUT2D eigenvalue weighted by atomic mass is 9.92. The summed E-state index contributed by atoms with van der Waals surface area (Å²) in [7, 11) is 1.67. The van der Waals surface area contributed by atoms with E-state index in [0.717, 1.165) is 19.6 Å². The second kappa shape index (κ2) is 8.48. The minimum absolute atomic E-state index is 0.0609. The quantitative estimate of drug-likeness (QED) is 0.603. The zero-order valence-electron chi connectivity index (χ0n) is 11.9. The summed E-state index contributed by atoms with van der Waals surface area (Å²) < 4.78 is 5.48. The van der Waals surface area contributed by atoms with Crippen LogP contribution in [0.1, 0.15) is 34.1 Å². The summed E-state index contributed by atoms with van der Waals surface area (Å²) in [5, 5.41) is 5.91. The van der Waals surface area contributed by atoms with Gasteiger partial charge in [0.2, 0.25) is 5.91 Å². The SMILES string of the molecule is CNC(=O)C(C)(C)CNCCOCCC(C)C. The van der Waals surface area contributed by atoms with Crippen molar-refractivity contribution in [3.63, 3.8) is 0 Å². The first-order valence-corrected chi connectivity index (χ1v) is 6.41. The molecule has 0 aliphatic carbocycles. The number of hydrogen-bond donors (Lipinski definition) is 2. The van der Waals surface area contributed by atoms with E-state index in [1.165, 1.54) is 0 Å². The Morgan fingerprint density at radius 1 is 1.29 bits per heavy atom. The van der Waals surface area contributed by atoms with E-state index in [2.05, 4.69) is 24.5 Å². The van der Waals surface area contributed by atoms with Crippen molar-refractivity contribution in [1.29, 1.82) is 0 Å². The van der Waals surface area contributed by atoms with Crippen LogP contribution >= 0.6 is 0 Å². The van der Waals surface area contributed by atoms with Gasteiger partial charge in [-0.25, -0.2) is 0 Å². The molecule has 4 heteroatoms. The molecule has 0 radical (unpaired) electrons. The Balaban J connectivity index is 3.48. The molecular formula is C13H28N2O2. The van der Waals surface area contributed by atoms with E-state index < -0.39 is 0 Å². The minimum Gasteiger partial charge on any atom is -0.380 e. The fourth-order valence-corrected chi connectivity index (χ4v) is 1.38. The van der Waals surface area contributed by atoms with Gasteiger partial charge in [-0.1, -0.05) is 13.8 Å². The van der Waals surface area contributed by atoms with Gasteiger partial charge < -0.3 is 15.4 Å². The molecule has 1 amide bonds. The summed E-state index contributed by atoms with van der Waals surface area (Å²) in [4.78, 5) is 11.5. The summed E-state index contributed by atoms with van der Waals surface area (Å²) in [5.74, 6) is 0.751. The molecule has 0 rings (SSSR count). The smallest absolute Gasteiger partial charge is 0.226 e. The number of ether oxygens (including phenoxy) is 1. The van der Waals surface area contributed by atoms with Crippen LogP contribution in [0.3, 0.4) is 0 Å². The predicted molar refractivity (Wildman–Crippen MR) is 71.0 cm³/mol. The second-order valence-electron chi connectivity index (χ2n) is 5.43. The molecule has 0 aromatic heterocycles. The zero-order valence-corrected chi connectivity index (χ0v) is 11.9. The Kier molecular flexibility index (Phi) is 8.17. The molecule has 0 spiro atoms. The van der Waals surface area contributed by atoms with E-state index >= 15 is 0 Å². The van der Waals surface area contributed by atoms with E-state index in [-0.39, 0.29) is 11.3 Å². The molecule has 0 aliphatic heterocycles. The lowest BCUT2D eigenvalue weighted by molar-refractivity contribution is -0.128. The maximum atomic E-state index is 11.5. The Morgan fingerprint density at radius 2 is 1.94 bits per heavy atom. The second-order valence-corrected chi connectivity index (χ2v) is 5.43. The number of amides is 1. The van der Waals surface area contributed by atoms with Gasteiger partial charge in [0.05, 0.1) is 12.0 Å². The van der Waals surface area contributed by atoms with Crippen LogP contribution < -0.4 is 10.6 Å². The molecule has 0 heterocycles. The topological polar surface area (TPSA) is 50.4 Å². The number of nitrogens with one attached hydrogen (secondary N) is 2. The van der Waals surface area contributed by atoms with E-state index in [1.807, 2.05) is 13.8 Å². The molecule has 0 aromatic carbocycles. The first-order valence-electron chi connectivity index (χ1n) is 6.41. The molecule has 102 valence electrons. The third-order valence-electron chi connectivity index (χ3n) is 2.67. The molecule has 2 N–H and O–H groups in total. The van der Waals surface area contributed by atoms with Crippen molar-refractivity contribution in [3.05, 3.63) is 0 Å². The largest absolute Gasteiger partial charge is 0.380 e. The average molecular weight is 244 g/mol.